The highest BCUT2D eigenvalue weighted by Crippen LogP contribution is 2.23. The van der Waals surface area contributed by atoms with E-state index in [0.29, 0.717) is 6.54 Å². The zero-order valence-corrected chi connectivity index (χ0v) is 12.1. The van der Waals surface area contributed by atoms with Crippen LogP contribution in [0, 0.1) is 0 Å². The topological polar surface area (TPSA) is 53.0 Å². The van der Waals surface area contributed by atoms with Crippen molar-refractivity contribution < 1.29 is 14.6 Å². The summed E-state index contributed by atoms with van der Waals surface area (Å²) in [5.41, 5.74) is 2.34. The Balaban J connectivity index is 2.13. The molecule has 5 heteroatoms. The lowest BCUT2D eigenvalue weighted by atomic mass is 10.1. The zero-order valence-electron chi connectivity index (χ0n) is 12.1. The first kappa shape index (κ1) is 14.8. The van der Waals surface area contributed by atoms with Gasteiger partial charge in [-0.3, -0.25) is 9.69 Å². The van der Waals surface area contributed by atoms with E-state index in [9.17, 15) is 4.79 Å². The molecule has 1 N–H and O–H groups in total. The normalized spacial score (nSPS) is 17.2. The third kappa shape index (κ3) is 3.49. The van der Waals surface area contributed by atoms with Gasteiger partial charge >= 0.3 is 5.97 Å². The lowest BCUT2D eigenvalue weighted by molar-refractivity contribution is -0.142. The van der Waals surface area contributed by atoms with Gasteiger partial charge in [0.1, 0.15) is 6.04 Å². The molecule has 1 atom stereocenters. The quantitative estimate of drug-likeness (QED) is 0.883. The number of ether oxygens (including phenoxy) is 1. The summed E-state index contributed by atoms with van der Waals surface area (Å²) in [7, 11) is 1.84. The molecule has 1 aliphatic rings. The van der Waals surface area contributed by atoms with Crippen molar-refractivity contribution >= 4 is 11.7 Å². The minimum atomic E-state index is -0.795. The number of benzene rings is 1. The van der Waals surface area contributed by atoms with Gasteiger partial charge in [0.25, 0.3) is 0 Å². The van der Waals surface area contributed by atoms with E-state index in [1.807, 2.05) is 24.1 Å². The van der Waals surface area contributed by atoms with E-state index in [-0.39, 0.29) is 0 Å². The molecule has 1 fully saturated rings. The molecule has 1 unspecified atom stereocenters. The largest absolute Gasteiger partial charge is 0.480 e. The Hall–Kier alpha value is -1.59. The Bertz CT molecular complexity index is 458. The number of hydrogen-bond donors (Lipinski definition) is 1. The van der Waals surface area contributed by atoms with Gasteiger partial charge in [0.05, 0.1) is 13.2 Å². The molecule has 1 heterocycles. The van der Waals surface area contributed by atoms with Crippen molar-refractivity contribution in [3.63, 3.8) is 0 Å². The van der Waals surface area contributed by atoms with E-state index < -0.39 is 12.0 Å². The van der Waals surface area contributed by atoms with Crippen molar-refractivity contribution in [2.45, 2.75) is 19.5 Å². The fourth-order valence-electron chi connectivity index (χ4n) is 2.35. The van der Waals surface area contributed by atoms with E-state index in [1.54, 1.807) is 6.92 Å². The molecule has 0 bridgehead atoms. The fourth-order valence-corrected chi connectivity index (χ4v) is 2.35. The van der Waals surface area contributed by atoms with Crippen LogP contribution in [0.5, 0.6) is 0 Å². The maximum atomic E-state index is 11.0. The highest BCUT2D eigenvalue weighted by Gasteiger charge is 2.20. The molecule has 0 aliphatic carbocycles. The number of hydrogen-bond acceptors (Lipinski definition) is 4. The van der Waals surface area contributed by atoms with Crippen molar-refractivity contribution in [3.8, 4) is 0 Å². The summed E-state index contributed by atoms with van der Waals surface area (Å²) in [4.78, 5) is 15.2. The first-order valence-corrected chi connectivity index (χ1v) is 6.93. The molecule has 2 rings (SSSR count). The molecule has 20 heavy (non-hydrogen) atoms. The smallest absolute Gasteiger partial charge is 0.320 e. The second-order valence-corrected chi connectivity index (χ2v) is 5.16. The average molecular weight is 278 g/mol. The number of carboxylic acids is 1. The van der Waals surface area contributed by atoms with Crippen LogP contribution < -0.4 is 4.90 Å². The van der Waals surface area contributed by atoms with Crippen molar-refractivity contribution in [2.75, 3.05) is 38.3 Å². The summed E-state index contributed by atoms with van der Waals surface area (Å²) >= 11 is 0. The summed E-state index contributed by atoms with van der Waals surface area (Å²) in [6.45, 7) is 5.59. The van der Waals surface area contributed by atoms with Gasteiger partial charge in [0, 0.05) is 25.3 Å². The first-order valence-electron chi connectivity index (χ1n) is 6.93. The first-order chi connectivity index (χ1) is 9.59. The van der Waals surface area contributed by atoms with Crippen LogP contribution in [0.15, 0.2) is 24.3 Å². The SMILES string of the molecule is CC(C(=O)O)N(C)Cc1ccccc1N1CCOCC1. The zero-order chi connectivity index (χ0) is 14.5. The Kier molecular flexibility index (Phi) is 4.98. The van der Waals surface area contributed by atoms with Crippen LogP contribution in [-0.2, 0) is 16.1 Å². The Labute approximate surface area is 119 Å². The molecule has 0 radical (unpaired) electrons. The van der Waals surface area contributed by atoms with Gasteiger partial charge < -0.3 is 14.7 Å². The van der Waals surface area contributed by atoms with Crippen molar-refractivity contribution in [1.82, 2.24) is 4.90 Å². The second-order valence-electron chi connectivity index (χ2n) is 5.16. The number of rotatable bonds is 5. The number of aliphatic carboxylic acids is 1. The van der Waals surface area contributed by atoms with Crippen LogP contribution >= 0.6 is 0 Å². The van der Waals surface area contributed by atoms with Crippen LogP contribution in [0.2, 0.25) is 0 Å². The lowest BCUT2D eigenvalue weighted by Gasteiger charge is -2.32. The second kappa shape index (κ2) is 6.72. The van der Waals surface area contributed by atoms with Crippen LogP contribution in [0.1, 0.15) is 12.5 Å². The van der Waals surface area contributed by atoms with Gasteiger partial charge in [0.2, 0.25) is 0 Å². The van der Waals surface area contributed by atoms with Crippen LogP contribution in [-0.4, -0.2) is 55.4 Å². The molecular formula is C15H22N2O3. The molecular weight excluding hydrogens is 256 g/mol. The van der Waals surface area contributed by atoms with Crippen LogP contribution in [0.4, 0.5) is 5.69 Å². The number of para-hydroxylation sites is 1. The van der Waals surface area contributed by atoms with E-state index in [2.05, 4.69) is 17.0 Å². The molecule has 1 saturated heterocycles. The highest BCUT2D eigenvalue weighted by molar-refractivity contribution is 5.72. The third-order valence-corrected chi connectivity index (χ3v) is 3.78. The average Bonchev–Trinajstić information content (AvgIpc) is 2.47. The minimum absolute atomic E-state index is 0.493. The van der Waals surface area contributed by atoms with Crippen molar-refractivity contribution in [3.05, 3.63) is 29.8 Å². The summed E-state index contributed by atoms with van der Waals surface area (Å²) in [5.74, 6) is -0.795. The van der Waals surface area contributed by atoms with Gasteiger partial charge in [0.15, 0.2) is 0 Å². The predicted molar refractivity (Wildman–Crippen MR) is 78.0 cm³/mol. The van der Waals surface area contributed by atoms with Gasteiger partial charge in [-0.1, -0.05) is 18.2 Å². The number of nitrogens with zero attached hydrogens (tertiary/aromatic N) is 2. The van der Waals surface area contributed by atoms with Gasteiger partial charge in [-0.2, -0.15) is 0 Å². The maximum Gasteiger partial charge on any atom is 0.320 e. The van der Waals surface area contributed by atoms with Gasteiger partial charge in [-0.05, 0) is 25.6 Å². The van der Waals surface area contributed by atoms with Crippen molar-refractivity contribution in [1.29, 1.82) is 0 Å². The number of anilines is 1. The number of carboxylic acid groups (broad SMARTS) is 1. The standard InChI is InChI=1S/C15H22N2O3/c1-12(15(18)19)16(2)11-13-5-3-4-6-14(13)17-7-9-20-10-8-17/h3-6,12H,7-11H2,1-2H3,(H,18,19). The van der Waals surface area contributed by atoms with E-state index in [0.717, 1.165) is 31.9 Å². The van der Waals surface area contributed by atoms with E-state index in [1.165, 1.54) is 5.69 Å². The minimum Gasteiger partial charge on any atom is -0.480 e. The number of carbonyl (C=O) groups is 1. The molecule has 0 saturated carbocycles. The molecule has 5 nitrogen and oxygen atoms in total. The maximum absolute atomic E-state index is 11.0. The summed E-state index contributed by atoms with van der Waals surface area (Å²) < 4.78 is 5.38. The molecule has 0 spiro atoms. The third-order valence-electron chi connectivity index (χ3n) is 3.78. The molecule has 1 aromatic rings. The molecule has 110 valence electrons. The number of morpholine rings is 1. The lowest BCUT2D eigenvalue weighted by Crippen LogP contribution is -2.38. The Morgan fingerprint density at radius 3 is 2.70 bits per heavy atom. The molecule has 0 aromatic heterocycles. The van der Waals surface area contributed by atoms with Gasteiger partial charge in [-0.15, -0.1) is 0 Å². The molecule has 1 aliphatic heterocycles. The van der Waals surface area contributed by atoms with Crippen LogP contribution in [0.25, 0.3) is 0 Å². The van der Waals surface area contributed by atoms with E-state index in [4.69, 9.17) is 9.84 Å². The fraction of sp³-hybridized carbons (Fsp3) is 0.533. The van der Waals surface area contributed by atoms with Gasteiger partial charge in [-0.25, -0.2) is 0 Å². The summed E-state index contributed by atoms with van der Waals surface area (Å²) in [6.07, 6.45) is 0. The highest BCUT2D eigenvalue weighted by atomic mass is 16.5. The van der Waals surface area contributed by atoms with Crippen molar-refractivity contribution in [2.24, 2.45) is 0 Å². The number of likely N-dealkylation sites (N-methyl/N-ethyl adjacent to an activating group) is 1. The monoisotopic (exact) mass is 278 g/mol. The molecule has 1 aromatic carbocycles. The van der Waals surface area contributed by atoms with Crippen LogP contribution in [0.3, 0.4) is 0 Å². The summed E-state index contributed by atoms with van der Waals surface area (Å²) in [5, 5.41) is 9.08. The Morgan fingerprint density at radius 1 is 1.40 bits per heavy atom. The molecule has 0 amide bonds. The Morgan fingerprint density at radius 2 is 2.05 bits per heavy atom. The van der Waals surface area contributed by atoms with E-state index >= 15 is 0 Å². The summed E-state index contributed by atoms with van der Waals surface area (Å²) in [6, 6.07) is 7.69. The predicted octanol–water partition coefficient (Wildman–Crippen LogP) is 1.43.